The van der Waals surface area contributed by atoms with Crippen LogP contribution in [0.25, 0.3) is 0 Å². The molecule has 0 unspecified atom stereocenters. The molecule has 0 atom stereocenters. The van der Waals surface area contributed by atoms with E-state index in [9.17, 15) is 18.0 Å². The highest BCUT2D eigenvalue weighted by molar-refractivity contribution is 5.94. The first-order chi connectivity index (χ1) is 10.9. The van der Waals surface area contributed by atoms with Gasteiger partial charge in [0.25, 0.3) is 5.91 Å². The number of nitrogens with one attached hydrogen (secondary N) is 1. The van der Waals surface area contributed by atoms with Crippen LogP contribution in [0.15, 0.2) is 24.3 Å². The van der Waals surface area contributed by atoms with E-state index in [0.29, 0.717) is 18.5 Å². The summed E-state index contributed by atoms with van der Waals surface area (Å²) in [4.78, 5) is 14.2. The first kappa shape index (κ1) is 19.1. The average Bonchev–Trinajstić information content (AvgIpc) is 2.55. The third-order valence-electron chi connectivity index (χ3n) is 5.21. The summed E-state index contributed by atoms with van der Waals surface area (Å²) in [6.45, 7) is 3.30. The molecule has 2 heterocycles. The van der Waals surface area contributed by atoms with E-state index in [1.807, 2.05) is 0 Å². The van der Waals surface area contributed by atoms with E-state index >= 15 is 0 Å². The molecule has 0 bridgehead atoms. The zero-order valence-electron chi connectivity index (χ0n) is 13.4. The third-order valence-corrected chi connectivity index (χ3v) is 5.21. The van der Waals surface area contributed by atoms with Gasteiger partial charge in [0.1, 0.15) is 0 Å². The lowest BCUT2D eigenvalue weighted by atomic mass is 9.71. The highest BCUT2D eigenvalue weighted by atomic mass is 35.5. The second-order valence-corrected chi connectivity index (χ2v) is 6.62. The van der Waals surface area contributed by atoms with E-state index < -0.39 is 11.7 Å². The molecule has 0 saturated carbocycles. The van der Waals surface area contributed by atoms with Gasteiger partial charge in [-0.15, -0.1) is 12.4 Å². The minimum Gasteiger partial charge on any atom is -0.339 e. The molecule has 134 valence electrons. The first-order valence-corrected chi connectivity index (χ1v) is 8.07. The SMILES string of the molecule is Cl.O=C(c1cccc(C(F)(F)F)c1)N1CCC2(CCNCC2)CC1. The molecule has 0 aromatic heterocycles. The van der Waals surface area contributed by atoms with Crippen LogP contribution < -0.4 is 5.32 Å². The number of halogens is 4. The van der Waals surface area contributed by atoms with E-state index in [-0.39, 0.29) is 23.9 Å². The lowest BCUT2D eigenvalue weighted by molar-refractivity contribution is -0.137. The van der Waals surface area contributed by atoms with Crippen molar-refractivity contribution in [3.8, 4) is 0 Å². The Bertz CT molecular complexity index is 575. The number of alkyl halides is 3. The summed E-state index contributed by atoms with van der Waals surface area (Å²) in [7, 11) is 0. The first-order valence-electron chi connectivity index (χ1n) is 8.07. The molecular weight excluding hydrogens is 341 g/mol. The second kappa shape index (κ2) is 7.31. The van der Waals surface area contributed by atoms with Crippen molar-refractivity contribution < 1.29 is 18.0 Å². The van der Waals surface area contributed by atoms with Gasteiger partial charge >= 0.3 is 6.18 Å². The predicted octanol–water partition coefficient (Wildman–Crippen LogP) is 3.73. The molecule has 3 nitrogen and oxygen atoms in total. The number of carbonyl (C=O) groups excluding carboxylic acids is 1. The minimum atomic E-state index is -4.42. The van der Waals surface area contributed by atoms with Crippen molar-refractivity contribution in [3.63, 3.8) is 0 Å². The summed E-state index contributed by atoms with van der Waals surface area (Å²) in [5, 5.41) is 3.35. The highest BCUT2D eigenvalue weighted by Crippen LogP contribution is 2.39. The molecule has 0 aliphatic carbocycles. The Labute approximate surface area is 146 Å². The fourth-order valence-electron chi connectivity index (χ4n) is 3.65. The van der Waals surface area contributed by atoms with Crippen LogP contribution >= 0.6 is 12.4 Å². The van der Waals surface area contributed by atoms with Crippen LogP contribution in [-0.4, -0.2) is 37.0 Å². The van der Waals surface area contributed by atoms with Gasteiger partial charge in [-0.25, -0.2) is 0 Å². The molecule has 2 aliphatic rings. The van der Waals surface area contributed by atoms with Gasteiger partial charge in [0, 0.05) is 18.7 Å². The molecule has 24 heavy (non-hydrogen) atoms. The quantitative estimate of drug-likeness (QED) is 0.825. The largest absolute Gasteiger partial charge is 0.416 e. The molecule has 0 radical (unpaired) electrons. The molecule has 2 saturated heterocycles. The minimum absolute atomic E-state index is 0. The van der Waals surface area contributed by atoms with Crippen LogP contribution in [-0.2, 0) is 6.18 Å². The number of piperidine rings is 2. The van der Waals surface area contributed by atoms with Crippen LogP contribution in [0, 0.1) is 5.41 Å². The summed E-state index contributed by atoms with van der Waals surface area (Å²) in [5.41, 5.74) is -0.327. The van der Waals surface area contributed by atoms with Crippen molar-refractivity contribution >= 4 is 18.3 Å². The summed E-state index contributed by atoms with van der Waals surface area (Å²) < 4.78 is 38.3. The number of hydrogen-bond donors (Lipinski definition) is 1. The van der Waals surface area contributed by atoms with Crippen LogP contribution in [0.5, 0.6) is 0 Å². The highest BCUT2D eigenvalue weighted by Gasteiger charge is 2.37. The normalized spacial score (nSPS) is 20.5. The number of nitrogens with zero attached hydrogens (tertiary/aromatic N) is 1. The molecule has 1 spiro atoms. The van der Waals surface area contributed by atoms with Gasteiger partial charge in [0.05, 0.1) is 5.56 Å². The average molecular weight is 363 g/mol. The van der Waals surface area contributed by atoms with E-state index in [1.54, 1.807) is 4.90 Å². The van der Waals surface area contributed by atoms with Gasteiger partial charge < -0.3 is 10.2 Å². The Morgan fingerprint density at radius 2 is 1.71 bits per heavy atom. The second-order valence-electron chi connectivity index (χ2n) is 6.62. The van der Waals surface area contributed by atoms with Gasteiger partial charge in [0.15, 0.2) is 0 Å². The monoisotopic (exact) mass is 362 g/mol. The van der Waals surface area contributed by atoms with Crippen molar-refractivity contribution in [1.82, 2.24) is 10.2 Å². The molecule has 1 amide bonds. The van der Waals surface area contributed by atoms with Crippen LogP contribution in [0.3, 0.4) is 0 Å². The number of benzene rings is 1. The Morgan fingerprint density at radius 3 is 2.29 bits per heavy atom. The summed E-state index contributed by atoms with van der Waals surface area (Å²) in [5.74, 6) is -0.292. The zero-order chi connectivity index (χ0) is 16.5. The molecule has 1 N–H and O–H groups in total. The molecule has 1 aromatic carbocycles. The fraction of sp³-hybridized carbons (Fsp3) is 0.588. The standard InChI is InChI=1S/C17H21F3N2O.ClH/c18-17(19,20)14-3-1-2-13(12-14)15(23)22-10-6-16(7-11-22)4-8-21-9-5-16;/h1-3,12,21H,4-11H2;1H. The summed E-state index contributed by atoms with van der Waals surface area (Å²) in [6.07, 6.45) is -0.284. The molecule has 3 rings (SSSR count). The smallest absolute Gasteiger partial charge is 0.339 e. The topological polar surface area (TPSA) is 32.3 Å². The van der Waals surface area contributed by atoms with Gasteiger partial charge in [-0.05, 0) is 62.4 Å². The van der Waals surface area contributed by atoms with E-state index in [0.717, 1.165) is 50.9 Å². The maximum Gasteiger partial charge on any atom is 0.416 e. The fourth-order valence-corrected chi connectivity index (χ4v) is 3.65. The summed E-state index contributed by atoms with van der Waals surface area (Å²) in [6, 6.07) is 4.72. The van der Waals surface area contributed by atoms with Gasteiger partial charge in [-0.1, -0.05) is 6.07 Å². The lowest BCUT2D eigenvalue weighted by Crippen LogP contribution is -2.47. The summed E-state index contributed by atoms with van der Waals surface area (Å²) >= 11 is 0. The van der Waals surface area contributed by atoms with Crippen molar-refractivity contribution in [3.05, 3.63) is 35.4 Å². The Hall–Kier alpha value is -1.27. The number of hydrogen-bond acceptors (Lipinski definition) is 2. The van der Waals surface area contributed by atoms with Crippen molar-refractivity contribution in [1.29, 1.82) is 0 Å². The molecule has 1 aromatic rings. The van der Waals surface area contributed by atoms with Crippen LogP contribution in [0.2, 0.25) is 0 Å². The molecular formula is C17H22ClF3N2O. The van der Waals surface area contributed by atoms with Crippen molar-refractivity contribution in [2.45, 2.75) is 31.9 Å². The van der Waals surface area contributed by atoms with Crippen molar-refractivity contribution in [2.75, 3.05) is 26.2 Å². The lowest BCUT2D eigenvalue weighted by Gasteiger charge is -2.44. The van der Waals surface area contributed by atoms with Crippen molar-refractivity contribution in [2.24, 2.45) is 5.41 Å². The molecule has 7 heteroatoms. The number of likely N-dealkylation sites (tertiary alicyclic amines) is 1. The van der Waals surface area contributed by atoms with E-state index in [2.05, 4.69) is 5.32 Å². The van der Waals surface area contributed by atoms with E-state index in [1.165, 1.54) is 12.1 Å². The number of rotatable bonds is 1. The Balaban J connectivity index is 0.00000208. The predicted molar refractivity (Wildman–Crippen MR) is 88.4 cm³/mol. The van der Waals surface area contributed by atoms with Gasteiger partial charge in [-0.3, -0.25) is 4.79 Å². The van der Waals surface area contributed by atoms with Crippen LogP contribution in [0.1, 0.15) is 41.6 Å². The zero-order valence-corrected chi connectivity index (χ0v) is 14.2. The Morgan fingerprint density at radius 1 is 1.08 bits per heavy atom. The van der Waals surface area contributed by atoms with Crippen LogP contribution in [0.4, 0.5) is 13.2 Å². The maximum absolute atomic E-state index is 12.8. The molecule has 2 aliphatic heterocycles. The van der Waals surface area contributed by atoms with Gasteiger partial charge in [-0.2, -0.15) is 13.2 Å². The van der Waals surface area contributed by atoms with Gasteiger partial charge in [0.2, 0.25) is 0 Å². The number of carbonyl (C=O) groups is 1. The maximum atomic E-state index is 12.8. The Kier molecular flexibility index (Phi) is 5.81. The van der Waals surface area contributed by atoms with E-state index in [4.69, 9.17) is 0 Å². The third kappa shape index (κ3) is 4.03. The number of amides is 1. The molecule has 2 fully saturated rings.